The molecule has 0 aliphatic heterocycles. The van der Waals surface area contributed by atoms with E-state index in [-0.39, 0.29) is 5.57 Å². The lowest BCUT2D eigenvalue weighted by atomic mass is 10.3. The van der Waals surface area contributed by atoms with Crippen LogP contribution in [-0.4, -0.2) is 17.2 Å². The number of ether oxygens (including phenoxy) is 1. The molecule has 66 valence electrons. The number of carbonyl (C=O) groups excluding carboxylic acids is 2. The van der Waals surface area contributed by atoms with Crippen LogP contribution in [0.4, 0.5) is 0 Å². The molecule has 0 aromatic heterocycles. The van der Waals surface area contributed by atoms with Gasteiger partial charge in [-0.05, 0) is 6.92 Å². The first kappa shape index (κ1) is 10.4. The van der Waals surface area contributed by atoms with E-state index in [1.807, 2.05) is 0 Å². The summed E-state index contributed by atoms with van der Waals surface area (Å²) in [5.74, 6) is -1.67. The van der Waals surface area contributed by atoms with Crippen LogP contribution in [0, 0.1) is 0 Å². The highest BCUT2D eigenvalue weighted by Crippen LogP contribution is 1.95. The summed E-state index contributed by atoms with van der Waals surface area (Å²) in [6.07, 6.45) is 1.80. The molecule has 0 unspecified atom stereocenters. The third-order valence-electron chi connectivity index (χ3n) is 0.923. The monoisotopic (exact) mass is 172 g/mol. The molecule has 0 rings (SSSR count). The van der Waals surface area contributed by atoms with Crippen LogP contribution in [0.25, 0.3) is 0 Å². The Kier molecular flexibility index (Phi) is 4.40. The van der Waals surface area contributed by atoms with Gasteiger partial charge in [0, 0.05) is 6.08 Å². The van der Waals surface area contributed by atoms with Gasteiger partial charge in [-0.2, -0.15) is 5.26 Å². The van der Waals surface area contributed by atoms with Crippen molar-refractivity contribution in [2.75, 3.05) is 0 Å². The van der Waals surface area contributed by atoms with E-state index in [1.165, 1.54) is 6.92 Å². The maximum Gasteiger partial charge on any atom is 0.371 e. The number of rotatable bonds is 3. The molecule has 0 aromatic rings. The average Bonchev–Trinajstić information content (AvgIpc) is 2.11. The summed E-state index contributed by atoms with van der Waals surface area (Å²) in [5, 5.41) is 7.88. The molecule has 5 nitrogen and oxygen atoms in total. The molecule has 0 heterocycles. The standard InChI is InChI=1S/C7H8O5/c1-3-6(8)11-4-5(2)7(9)12-10/h3-4,10H,1H2,2H3/b5-4+. The Labute approximate surface area is 68.8 Å². The molecule has 0 aliphatic rings. The second-order valence-electron chi connectivity index (χ2n) is 1.82. The minimum Gasteiger partial charge on any atom is -0.431 e. The lowest BCUT2D eigenvalue weighted by molar-refractivity contribution is -0.229. The van der Waals surface area contributed by atoms with Crippen LogP contribution in [0.2, 0.25) is 0 Å². The Morgan fingerprint density at radius 1 is 1.50 bits per heavy atom. The summed E-state index contributed by atoms with van der Waals surface area (Å²) in [5.41, 5.74) is -0.0345. The van der Waals surface area contributed by atoms with Crippen LogP contribution in [-0.2, 0) is 19.2 Å². The molecular weight excluding hydrogens is 164 g/mol. The molecule has 0 atom stereocenters. The third-order valence-corrected chi connectivity index (χ3v) is 0.923. The van der Waals surface area contributed by atoms with E-state index in [4.69, 9.17) is 5.26 Å². The Morgan fingerprint density at radius 2 is 2.08 bits per heavy atom. The smallest absolute Gasteiger partial charge is 0.371 e. The van der Waals surface area contributed by atoms with Crippen molar-refractivity contribution in [2.24, 2.45) is 0 Å². The zero-order valence-corrected chi connectivity index (χ0v) is 6.44. The predicted octanol–water partition coefficient (Wildman–Crippen LogP) is 0.636. The summed E-state index contributed by atoms with van der Waals surface area (Å²) in [6, 6.07) is 0. The number of esters is 1. The van der Waals surface area contributed by atoms with Gasteiger partial charge in [0.05, 0.1) is 5.57 Å². The summed E-state index contributed by atoms with van der Waals surface area (Å²) in [7, 11) is 0. The van der Waals surface area contributed by atoms with Crippen molar-refractivity contribution in [3.05, 3.63) is 24.5 Å². The van der Waals surface area contributed by atoms with Gasteiger partial charge in [-0.15, -0.1) is 0 Å². The van der Waals surface area contributed by atoms with E-state index in [2.05, 4.69) is 16.2 Å². The first-order valence-corrected chi connectivity index (χ1v) is 2.97. The van der Waals surface area contributed by atoms with Gasteiger partial charge < -0.3 is 4.74 Å². The molecule has 5 heteroatoms. The summed E-state index contributed by atoms with van der Waals surface area (Å²) in [4.78, 5) is 24.2. The highest BCUT2D eigenvalue weighted by molar-refractivity contribution is 5.88. The van der Waals surface area contributed by atoms with Gasteiger partial charge in [-0.25, -0.2) is 9.59 Å². The molecule has 0 aromatic carbocycles. The molecule has 0 fully saturated rings. The number of hydrogen-bond donors (Lipinski definition) is 1. The Balaban J connectivity index is 4.09. The minimum absolute atomic E-state index is 0.0345. The predicted molar refractivity (Wildman–Crippen MR) is 38.8 cm³/mol. The van der Waals surface area contributed by atoms with E-state index in [0.29, 0.717) is 0 Å². The van der Waals surface area contributed by atoms with Crippen LogP contribution in [0.1, 0.15) is 6.92 Å². The van der Waals surface area contributed by atoms with Gasteiger partial charge in [0.25, 0.3) is 0 Å². The SMILES string of the molecule is C=CC(=O)O/C=C(\C)C(=O)OO. The molecule has 0 saturated heterocycles. The highest BCUT2D eigenvalue weighted by Gasteiger charge is 2.05. The van der Waals surface area contributed by atoms with Crippen LogP contribution < -0.4 is 0 Å². The number of hydrogen-bond acceptors (Lipinski definition) is 5. The van der Waals surface area contributed by atoms with Crippen molar-refractivity contribution in [2.45, 2.75) is 6.92 Å². The molecule has 0 aliphatic carbocycles. The van der Waals surface area contributed by atoms with Crippen molar-refractivity contribution in [1.29, 1.82) is 0 Å². The quantitative estimate of drug-likeness (QED) is 0.222. The fraction of sp³-hybridized carbons (Fsp3) is 0.143. The van der Waals surface area contributed by atoms with Crippen molar-refractivity contribution >= 4 is 11.9 Å². The van der Waals surface area contributed by atoms with E-state index in [0.717, 1.165) is 12.3 Å². The zero-order chi connectivity index (χ0) is 9.56. The molecule has 0 saturated carbocycles. The highest BCUT2D eigenvalue weighted by atomic mass is 17.1. The Morgan fingerprint density at radius 3 is 2.50 bits per heavy atom. The maximum absolute atomic E-state index is 10.5. The van der Waals surface area contributed by atoms with Gasteiger partial charge in [-0.1, -0.05) is 6.58 Å². The fourth-order valence-corrected chi connectivity index (χ4v) is 0.315. The van der Waals surface area contributed by atoms with Crippen LogP contribution in [0.5, 0.6) is 0 Å². The first-order chi connectivity index (χ1) is 5.61. The van der Waals surface area contributed by atoms with Crippen LogP contribution in [0.15, 0.2) is 24.5 Å². The molecule has 12 heavy (non-hydrogen) atoms. The largest absolute Gasteiger partial charge is 0.431 e. The second kappa shape index (κ2) is 5.09. The van der Waals surface area contributed by atoms with Gasteiger partial charge in [0.15, 0.2) is 0 Å². The van der Waals surface area contributed by atoms with Crippen molar-refractivity contribution < 1.29 is 24.5 Å². The van der Waals surface area contributed by atoms with Gasteiger partial charge in [-0.3, -0.25) is 4.89 Å². The second-order valence-corrected chi connectivity index (χ2v) is 1.82. The zero-order valence-electron chi connectivity index (χ0n) is 6.44. The maximum atomic E-state index is 10.5. The molecule has 0 bridgehead atoms. The van der Waals surface area contributed by atoms with Crippen LogP contribution >= 0.6 is 0 Å². The van der Waals surface area contributed by atoms with E-state index < -0.39 is 11.9 Å². The summed E-state index contributed by atoms with van der Waals surface area (Å²) >= 11 is 0. The molecule has 0 radical (unpaired) electrons. The molecule has 0 spiro atoms. The van der Waals surface area contributed by atoms with E-state index in [9.17, 15) is 9.59 Å². The van der Waals surface area contributed by atoms with Crippen molar-refractivity contribution in [3.8, 4) is 0 Å². The molecule has 1 N–H and O–H groups in total. The Hall–Kier alpha value is -1.62. The van der Waals surface area contributed by atoms with Gasteiger partial charge >= 0.3 is 11.9 Å². The third kappa shape index (κ3) is 3.52. The van der Waals surface area contributed by atoms with Crippen molar-refractivity contribution in [3.63, 3.8) is 0 Å². The average molecular weight is 172 g/mol. The normalized spacial score (nSPS) is 10.3. The number of carbonyl (C=O) groups is 2. The summed E-state index contributed by atoms with van der Waals surface area (Å²) < 4.78 is 4.34. The first-order valence-electron chi connectivity index (χ1n) is 2.97. The molecule has 0 amide bonds. The fourth-order valence-electron chi connectivity index (χ4n) is 0.315. The van der Waals surface area contributed by atoms with Gasteiger partial charge in [0.1, 0.15) is 6.26 Å². The van der Waals surface area contributed by atoms with E-state index in [1.54, 1.807) is 0 Å². The van der Waals surface area contributed by atoms with Gasteiger partial charge in [0.2, 0.25) is 0 Å². The molecular formula is C7H8O5. The summed E-state index contributed by atoms with van der Waals surface area (Å²) in [6.45, 7) is 4.45. The lowest BCUT2D eigenvalue weighted by Crippen LogP contribution is -2.03. The van der Waals surface area contributed by atoms with Crippen molar-refractivity contribution in [1.82, 2.24) is 0 Å². The van der Waals surface area contributed by atoms with E-state index >= 15 is 0 Å². The van der Waals surface area contributed by atoms with Crippen LogP contribution in [0.3, 0.4) is 0 Å². The Bertz CT molecular complexity index is 228. The lowest BCUT2D eigenvalue weighted by Gasteiger charge is -1.95. The topological polar surface area (TPSA) is 72.8 Å². The minimum atomic E-state index is -0.980.